The normalized spacial score (nSPS) is 10.6. The molecular formula is C13H20O. The average molecular weight is 192 g/mol. The summed E-state index contributed by atoms with van der Waals surface area (Å²) in [6.07, 6.45) is 2.35. The van der Waals surface area contributed by atoms with Crippen LogP contribution in [0.4, 0.5) is 0 Å². The monoisotopic (exact) mass is 192 g/mol. The fraction of sp³-hybridized carbons (Fsp3) is 0.538. The van der Waals surface area contributed by atoms with Crippen LogP contribution in [0.25, 0.3) is 0 Å². The molecule has 0 bridgehead atoms. The van der Waals surface area contributed by atoms with Gasteiger partial charge in [-0.3, -0.25) is 0 Å². The Labute approximate surface area is 87.1 Å². The lowest BCUT2D eigenvalue weighted by molar-refractivity contribution is 0.400. The molecule has 0 aromatic heterocycles. The van der Waals surface area contributed by atoms with Crippen molar-refractivity contribution in [2.24, 2.45) is 0 Å². The largest absolute Gasteiger partial charge is 0.496 e. The van der Waals surface area contributed by atoms with E-state index in [4.69, 9.17) is 4.74 Å². The molecule has 1 aromatic rings. The predicted molar refractivity (Wildman–Crippen MR) is 61.1 cm³/mol. The van der Waals surface area contributed by atoms with E-state index in [1.165, 1.54) is 24.0 Å². The van der Waals surface area contributed by atoms with Gasteiger partial charge >= 0.3 is 0 Å². The summed E-state index contributed by atoms with van der Waals surface area (Å²) in [6, 6.07) is 6.40. The molecule has 0 fully saturated rings. The van der Waals surface area contributed by atoms with Crippen LogP contribution in [-0.4, -0.2) is 7.11 Å². The van der Waals surface area contributed by atoms with Crippen molar-refractivity contribution in [2.75, 3.05) is 7.11 Å². The Morgan fingerprint density at radius 1 is 1.21 bits per heavy atom. The lowest BCUT2D eigenvalue weighted by Gasteiger charge is -2.18. The van der Waals surface area contributed by atoms with Crippen molar-refractivity contribution in [3.63, 3.8) is 0 Å². The van der Waals surface area contributed by atoms with Crippen LogP contribution in [0.5, 0.6) is 5.75 Å². The van der Waals surface area contributed by atoms with E-state index in [1.54, 1.807) is 7.11 Å². The van der Waals surface area contributed by atoms with Gasteiger partial charge in [0.1, 0.15) is 5.75 Å². The maximum Gasteiger partial charge on any atom is 0.125 e. The molecule has 0 heterocycles. The zero-order valence-corrected chi connectivity index (χ0v) is 9.63. The first-order valence-electron chi connectivity index (χ1n) is 5.38. The molecule has 0 radical (unpaired) electrons. The van der Waals surface area contributed by atoms with Crippen molar-refractivity contribution in [1.29, 1.82) is 0 Å². The number of para-hydroxylation sites is 1. The predicted octanol–water partition coefficient (Wildman–Crippen LogP) is 3.91. The standard InChI is InChI=1S/C13H20O/c1-5-11(6-2)12-9-7-8-10(3)13(12)14-4/h7-9,11H,5-6H2,1-4H3. The highest BCUT2D eigenvalue weighted by Crippen LogP contribution is 2.33. The summed E-state index contributed by atoms with van der Waals surface area (Å²) in [5, 5.41) is 0. The van der Waals surface area contributed by atoms with Gasteiger partial charge in [0.05, 0.1) is 7.11 Å². The summed E-state index contributed by atoms with van der Waals surface area (Å²) in [7, 11) is 1.76. The first-order valence-corrected chi connectivity index (χ1v) is 5.38. The third kappa shape index (κ3) is 2.09. The molecule has 1 aromatic carbocycles. The van der Waals surface area contributed by atoms with Gasteiger partial charge in [-0.15, -0.1) is 0 Å². The molecule has 14 heavy (non-hydrogen) atoms. The first kappa shape index (κ1) is 11.1. The average Bonchev–Trinajstić information content (AvgIpc) is 2.20. The fourth-order valence-corrected chi connectivity index (χ4v) is 2.00. The fourth-order valence-electron chi connectivity index (χ4n) is 2.00. The van der Waals surface area contributed by atoms with Crippen molar-refractivity contribution < 1.29 is 4.74 Å². The Bertz CT molecular complexity index is 287. The van der Waals surface area contributed by atoms with Crippen molar-refractivity contribution >= 4 is 0 Å². The van der Waals surface area contributed by atoms with Gasteiger partial charge in [0.25, 0.3) is 0 Å². The van der Waals surface area contributed by atoms with Gasteiger partial charge in [-0.25, -0.2) is 0 Å². The molecular weight excluding hydrogens is 172 g/mol. The molecule has 1 rings (SSSR count). The Morgan fingerprint density at radius 2 is 1.86 bits per heavy atom. The van der Waals surface area contributed by atoms with Crippen molar-refractivity contribution in [3.05, 3.63) is 29.3 Å². The number of ether oxygens (including phenoxy) is 1. The molecule has 0 spiro atoms. The Kier molecular flexibility index (Phi) is 3.99. The van der Waals surface area contributed by atoms with Gasteiger partial charge in [-0.05, 0) is 36.8 Å². The zero-order valence-electron chi connectivity index (χ0n) is 9.63. The lowest BCUT2D eigenvalue weighted by Crippen LogP contribution is -2.00. The van der Waals surface area contributed by atoms with E-state index in [0.29, 0.717) is 5.92 Å². The smallest absolute Gasteiger partial charge is 0.125 e. The van der Waals surface area contributed by atoms with E-state index in [-0.39, 0.29) is 0 Å². The van der Waals surface area contributed by atoms with Gasteiger partial charge < -0.3 is 4.74 Å². The Balaban J connectivity index is 3.11. The quantitative estimate of drug-likeness (QED) is 0.703. The highest BCUT2D eigenvalue weighted by molar-refractivity contribution is 5.42. The highest BCUT2D eigenvalue weighted by Gasteiger charge is 2.13. The third-order valence-electron chi connectivity index (χ3n) is 2.87. The van der Waals surface area contributed by atoms with Crippen molar-refractivity contribution in [2.45, 2.75) is 39.5 Å². The number of hydrogen-bond acceptors (Lipinski definition) is 1. The van der Waals surface area contributed by atoms with Crippen molar-refractivity contribution in [3.8, 4) is 5.75 Å². The van der Waals surface area contributed by atoms with Crippen LogP contribution in [0.15, 0.2) is 18.2 Å². The van der Waals surface area contributed by atoms with Gasteiger partial charge in [-0.2, -0.15) is 0 Å². The molecule has 1 heteroatoms. The van der Waals surface area contributed by atoms with Crippen LogP contribution in [0.2, 0.25) is 0 Å². The molecule has 0 aliphatic rings. The number of methoxy groups -OCH3 is 1. The zero-order chi connectivity index (χ0) is 10.6. The minimum absolute atomic E-state index is 0.629. The number of benzene rings is 1. The SMILES string of the molecule is CCC(CC)c1cccc(C)c1OC. The van der Waals surface area contributed by atoms with Gasteiger partial charge in [-0.1, -0.05) is 32.0 Å². The van der Waals surface area contributed by atoms with Crippen LogP contribution in [0.1, 0.15) is 43.7 Å². The van der Waals surface area contributed by atoms with Gasteiger partial charge in [0.2, 0.25) is 0 Å². The molecule has 0 N–H and O–H groups in total. The van der Waals surface area contributed by atoms with E-state index in [1.807, 2.05) is 0 Å². The molecule has 0 aliphatic heterocycles. The van der Waals surface area contributed by atoms with E-state index in [9.17, 15) is 0 Å². The number of hydrogen-bond donors (Lipinski definition) is 0. The second-order valence-corrected chi connectivity index (χ2v) is 3.71. The molecule has 0 atom stereocenters. The van der Waals surface area contributed by atoms with Crippen molar-refractivity contribution in [1.82, 2.24) is 0 Å². The lowest BCUT2D eigenvalue weighted by atomic mass is 9.92. The third-order valence-corrected chi connectivity index (χ3v) is 2.87. The molecule has 1 nitrogen and oxygen atoms in total. The molecule has 0 saturated carbocycles. The van der Waals surface area contributed by atoms with Crippen LogP contribution in [0, 0.1) is 6.92 Å². The minimum atomic E-state index is 0.629. The summed E-state index contributed by atoms with van der Waals surface area (Å²) >= 11 is 0. The molecule has 0 amide bonds. The second-order valence-electron chi connectivity index (χ2n) is 3.71. The van der Waals surface area contributed by atoms with Gasteiger partial charge in [0, 0.05) is 0 Å². The molecule has 0 aliphatic carbocycles. The summed E-state index contributed by atoms with van der Waals surface area (Å²) in [5.41, 5.74) is 2.59. The number of aryl methyl sites for hydroxylation is 1. The van der Waals surface area contributed by atoms with Crippen LogP contribution in [0.3, 0.4) is 0 Å². The Hall–Kier alpha value is -0.980. The summed E-state index contributed by atoms with van der Waals surface area (Å²) < 4.78 is 5.46. The van der Waals surface area contributed by atoms with Crippen LogP contribution >= 0.6 is 0 Å². The maximum atomic E-state index is 5.46. The van der Waals surface area contributed by atoms with Gasteiger partial charge in [0.15, 0.2) is 0 Å². The number of rotatable bonds is 4. The topological polar surface area (TPSA) is 9.23 Å². The molecule has 0 unspecified atom stereocenters. The molecule has 0 saturated heterocycles. The van der Waals surface area contributed by atoms with E-state index in [2.05, 4.69) is 39.0 Å². The second kappa shape index (κ2) is 5.04. The molecule has 78 valence electrons. The highest BCUT2D eigenvalue weighted by atomic mass is 16.5. The summed E-state index contributed by atoms with van der Waals surface area (Å²) in [6.45, 7) is 6.57. The maximum absolute atomic E-state index is 5.46. The van der Waals surface area contributed by atoms with E-state index < -0.39 is 0 Å². The minimum Gasteiger partial charge on any atom is -0.496 e. The summed E-state index contributed by atoms with van der Waals surface area (Å²) in [5.74, 6) is 1.70. The van der Waals surface area contributed by atoms with Crippen LogP contribution < -0.4 is 4.74 Å². The van der Waals surface area contributed by atoms with E-state index >= 15 is 0 Å². The summed E-state index contributed by atoms with van der Waals surface area (Å²) in [4.78, 5) is 0. The van der Waals surface area contributed by atoms with Crippen LogP contribution in [-0.2, 0) is 0 Å². The Morgan fingerprint density at radius 3 is 2.36 bits per heavy atom. The first-order chi connectivity index (χ1) is 6.74. The van der Waals surface area contributed by atoms with E-state index in [0.717, 1.165) is 5.75 Å².